The first-order valence-corrected chi connectivity index (χ1v) is 9.07. The second-order valence-electron chi connectivity index (χ2n) is 5.44. The highest BCUT2D eigenvalue weighted by molar-refractivity contribution is 7.99. The predicted octanol–water partition coefficient (Wildman–Crippen LogP) is 2.96. The van der Waals surface area contributed by atoms with Crippen molar-refractivity contribution < 1.29 is 4.79 Å². The first-order chi connectivity index (χ1) is 9.56. The molecule has 2 amide bonds. The summed E-state index contributed by atoms with van der Waals surface area (Å²) in [7, 11) is 0. The molecule has 2 rings (SSSR count). The molecule has 1 aliphatic heterocycles. The molecule has 0 radical (unpaired) electrons. The number of hydrogen-bond acceptors (Lipinski definition) is 4. The van der Waals surface area contributed by atoms with Crippen LogP contribution in [0.25, 0.3) is 0 Å². The van der Waals surface area contributed by atoms with Crippen molar-refractivity contribution in [1.82, 2.24) is 15.2 Å². The Labute approximate surface area is 129 Å². The summed E-state index contributed by atoms with van der Waals surface area (Å²) in [4.78, 5) is 18.5. The lowest BCUT2D eigenvalue weighted by atomic mass is 10.2. The number of hydrogen-bond donors (Lipinski definition) is 1. The first-order valence-electron chi connectivity index (χ1n) is 7.15. The molecule has 0 bridgehead atoms. The van der Waals surface area contributed by atoms with Crippen molar-refractivity contribution >= 4 is 29.1 Å². The summed E-state index contributed by atoms with van der Waals surface area (Å²) in [5.41, 5.74) is 1.08. The van der Waals surface area contributed by atoms with Gasteiger partial charge in [0.05, 0.1) is 10.7 Å². The summed E-state index contributed by atoms with van der Waals surface area (Å²) in [5, 5.41) is 6.82. The Hall–Kier alpha value is -0.750. The van der Waals surface area contributed by atoms with Gasteiger partial charge >= 0.3 is 6.03 Å². The monoisotopic (exact) mass is 313 g/mol. The number of urea groups is 1. The van der Waals surface area contributed by atoms with Gasteiger partial charge < -0.3 is 10.2 Å². The van der Waals surface area contributed by atoms with Crippen LogP contribution in [0.3, 0.4) is 0 Å². The maximum absolute atomic E-state index is 12.0. The predicted molar refractivity (Wildman–Crippen MR) is 86.8 cm³/mol. The number of nitrogens with one attached hydrogen (secondary N) is 1. The molecule has 0 saturated carbocycles. The van der Waals surface area contributed by atoms with Crippen LogP contribution in [0.2, 0.25) is 0 Å². The van der Waals surface area contributed by atoms with Crippen LogP contribution in [-0.4, -0.2) is 46.6 Å². The zero-order chi connectivity index (χ0) is 14.5. The molecule has 1 saturated heterocycles. The molecule has 0 spiro atoms. The Morgan fingerprint density at radius 2 is 2.40 bits per heavy atom. The highest BCUT2D eigenvalue weighted by Crippen LogP contribution is 2.19. The first kappa shape index (κ1) is 15.6. The second-order valence-corrected chi connectivity index (χ2v) is 7.88. The number of carbonyl (C=O) groups is 1. The van der Waals surface area contributed by atoms with E-state index in [0.29, 0.717) is 17.7 Å². The summed E-state index contributed by atoms with van der Waals surface area (Å²) >= 11 is 3.64. The molecule has 1 aliphatic rings. The quantitative estimate of drug-likeness (QED) is 0.929. The van der Waals surface area contributed by atoms with Crippen molar-refractivity contribution in [1.29, 1.82) is 0 Å². The lowest BCUT2D eigenvalue weighted by Crippen LogP contribution is -2.46. The Morgan fingerprint density at radius 1 is 1.60 bits per heavy atom. The molecule has 4 nitrogen and oxygen atoms in total. The average Bonchev–Trinajstić information content (AvgIpc) is 2.87. The standard InChI is InChI=1S/C14H23N3OS2/c1-10(2)13-16-12(9-20-13)4-5-15-14(18)17-6-7-19-11(3)8-17/h9-11H,4-8H2,1-3H3,(H,15,18). The maximum Gasteiger partial charge on any atom is 0.317 e. The fourth-order valence-corrected chi connectivity index (χ4v) is 4.00. The van der Waals surface area contributed by atoms with Crippen LogP contribution in [0, 0.1) is 0 Å². The Morgan fingerprint density at radius 3 is 3.05 bits per heavy atom. The van der Waals surface area contributed by atoms with E-state index >= 15 is 0 Å². The summed E-state index contributed by atoms with van der Waals surface area (Å²) in [6.07, 6.45) is 0.813. The van der Waals surface area contributed by atoms with Gasteiger partial charge in [0.2, 0.25) is 0 Å². The van der Waals surface area contributed by atoms with Crippen LogP contribution in [-0.2, 0) is 6.42 Å². The van der Waals surface area contributed by atoms with Crippen molar-refractivity contribution in [2.24, 2.45) is 0 Å². The minimum absolute atomic E-state index is 0.0662. The van der Waals surface area contributed by atoms with E-state index in [0.717, 1.165) is 31.0 Å². The fraction of sp³-hybridized carbons (Fsp3) is 0.714. The van der Waals surface area contributed by atoms with Gasteiger partial charge in [-0.25, -0.2) is 9.78 Å². The fourth-order valence-electron chi connectivity index (χ4n) is 2.11. The van der Waals surface area contributed by atoms with E-state index in [4.69, 9.17) is 0 Å². The van der Waals surface area contributed by atoms with Gasteiger partial charge in [-0.1, -0.05) is 20.8 Å². The molecule has 1 atom stereocenters. The summed E-state index contributed by atoms with van der Waals surface area (Å²) in [6.45, 7) is 8.85. The van der Waals surface area contributed by atoms with E-state index in [1.807, 2.05) is 16.7 Å². The molecule has 1 aromatic heterocycles. The highest BCUT2D eigenvalue weighted by atomic mass is 32.2. The number of carbonyl (C=O) groups excluding carboxylic acids is 1. The van der Waals surface area contributed by atoms with E-state index in [1.165, 1.54) is 5.01 Å². The molecule has 6 heteroatoms. The third-order valence-corrected chi connectivity index (χ3v) is 5.58. The number of amides is 2. The number of thiazole rings is 1. The number of nitrogens with zero attached hydrogens (tertiary/aromatic N) is 2. The third-order valence-electron chi connectivity index (χ3n) is 3.25. The molecule has 112 valence electrons. The van der Waals surface area contributed by atoms with Gasteiger partial charge in [-0.2, -0.15) is 11.8 Å². The van der Waals surface area contributed by atoms with Crippen LogP contribution in [0.4, 0.5) is 4.79 Å². The molecule has 1 unspecified atom stereocenters. The van der Waals surface area contributed by atoms with Crippen LogP contribution in [0.5, 0.6) is 0 Å². The van der Waals surface area contributed by atoms with Crippen molar-refractivity contribution in [3.63, 3.8) is 0 Å². The van der Waals surface area contributed by atoms with Gasteiger partial charge in [-0.05, 0) is 0 Å². The number of rotatable bonds is 4. The van der Waals surface area contributed by atoms with E-state index < -0.39 is 0 Å². The lowest BCUT2D eigenvalue weighted by molar-refractivity contribution is 0.200. The minimum Gasteiger partial charge on any atom is -0.338 e. The highest BCUT2D eigenvalue weighted by Gasteiger charge is 2.20. The summed E-state index contributed by atoms with van der Waals surface area (Å²) in [5.74, 6) is 1.52. The van der Waals surface area contributed by atoms with E-state index in [2.05, 4.69) is 36.5 Å². The molecule has 2 heterocycles. The normalized spacial score (nSPS) is 19.4. The van der Waals surface area contributed by atoms with Crippen LogP contribution >= 0.6 is 23.1 Å². The average molecular weight is 313 g/mol. The Kier molecular flexibility index (Phi) is 5.72. The van der Waals surface area contributed by atoms with Crippen LogP contribution in [0.15, 0.2) is 5.38 Å². The van der Waals surface area contributed by atoms with Gasteiger partial charge in [0.25, 0.3) is 0 Å². The summed E-state index contributed by atoms with van der Waals surface area (Å²) in [6, 6.07) is 0.0662. The molecule has 1 fully saturated rings. The van der Waals surface area contributed by atoms with E-state index in [-0.39, 0.29) is 6.03 Å². The molecular weight excluding hydrogens is 290 g/mol. The molecule has 0 aromatic carbocycles. The van der Waals surface area contributed by atoms with Gasteiger partial charge in [-0.3, -0.25) is 0 Å². The van der Waals surface area contributed by atoms with Gasteiger partial charge in [-0.15, -0.1) is 11.3 Å². The zero-order valence-electron chi connectivity index (χ0n) is 12.4. The molecule has 1 N–H and O–H groups in total. The Bertz CT molecular complexity index is 447. The topological polar surface area (TPSA) is 45.2 Å². The lowest BCUT2D eigenvalue weighted by Gasteiger charge is -2.30. The van der Waals surface area contributed by atoms with Gasteiger partial charge in [0.1, 0.15) is 0 Å². The smallest absolute Gasteiger partial charge is 0.317 e. The largest absolute Gasteiger partial charge is 0.338 e. The molecule has 0 aliphatic carbocycles. The minimum atomic E-state index is 0.0662. The van der Waals surface area contributed by atoms with Crippen molar-refractivity contribution in [2.75, 3.05) is 25.4 Å². The number of aromatic nitrogens is 1. The number of thioether (sulfide) groups is 1. The van der Waals surface area contributed by atoms with E-state index in [1.54, 1.807) is 11.3 Å². The van der Waals surface area contributed by atoms with Gasteiger partial charge in [0.15, 0.2) is 0 Å². The summed E-state index contributed by atoms with van der Waals surface area (Å²) < 4.78 is 0. The van der Waals surface area contributed by atoms with Crippen LogP contribution < -0.4 is 5.32 Å². The SMILES string of the molecule is CC1CN(C(=O)NCCc2csc(C(C)C)n2)CCS1. The third kappa shape index (κ3) is 4.38. The Balaban J connectivity index is 1.73. The van der Waals surface area contributed by atoms with E-state index in [9.17, 15) is 4.79 Å². The maximum atomic E-state index is 12.0. The molecule has 20 heavy (non-hydrogen) atoms. The molecular formula is C14H23N3OS2. The van der Waals surface area contributed by atoms with Gasteiger partial charge in [0, 0.05) is 48.4 Å². The molecule has 1 aromatic rings. The van der Waals surface area contributed by atoms with Crippen LogP contribution in [0.1, 0.15) is 37.4 Å². The second kappa shape index (κ2) is 7.31. The zero-order valence-corrected chi connectivity index (χ0v) is 14.0. The van der Waals surface area contributed by atoms with Crippen molar-refractivity contribution in [3.8, 4) is 0 Å². The van der Waals surface area contributed by atoms with Crippen molar-refractivity contribution in [2.45, 2.75) is 38.4 Å². The van der Waals surface area contributed by atoms with Crippen molar-refractivity contribution in [3.05, 3.63) is 16.1 Å².